The zero-order valence-electron chi connectivity index (χ0n) is 17.2. The minimum absolute atomic E-state index is 0.0282. The fourth-order valence-electron chi connectivity index (χ4n) is 3.32. The summed E-state index contributed by atoms with van der Waals surface area (Å²) in [5, 5.41) is 8.65. The SMILES string of the molecule is CNC[C@H]1Oc2c(NC(=O)Cc3ccc(C(F)(F)F)cc3)cccc2C(=O)NC[C@H]1C. The van der Waals surface area contributed by atoms with Crippen LogP contribution in [0, 0.1) is 5.92 Å². The number of carbonyl (C=O) groups excluding carboxylic acids is 2. The molecule has 3 N–H and O–H groups in total. The zero-order chi connectivity index (χ0) is 22.6. The molecule has 1 aliphatic heterocycles. The Morgan fingerprint density at radius 1 is 1.19 bits per heavy atom. The van der Waals surface area contributed by atoms with Crippen LogP contribution in [0.15, 0.2) is 42.5 Å². The first-order valence-electron chi connectivity index (χ1n) is 9.87. The van der Waals surface area contributed by atoms with Crippen LogP contribution in [-0.2, 0) is 17.4 Å². The quantitative estimate of drug-likeness (QED) is 0.674. The lowest BCUT2D eigenvalue weighted by Gasteiger charge is -2.30. The van der Waals surface area contributed by atoms with Gasteiger partial charge < -0.3 is 20.7 Å². The first-order chi connectivity index (χ1) is 14.7. The number of halogens is 3. The number of alkyl halides is 3. The Bertz CT molecular complexity index is 945. The molecule has 0 fully saturated rings. The van der Waals surface area contributed by atoms with E-state index in [9.17, 15) is 22.8 Å². The molecule has 3 rings (SSSR count). The van der Waals surface area contributed by atoms with Crippen molar-refractivity contribution in [1.82, 2.24) is 10.6 Å². The summed E-state index contributed by atoms with van der Waals surface area (Å²) in [6.45, 7) is 2.96. The highest BCUT2D eigenvalue weighted by atomic mass is 19.4. The molecule has 0 aliphatic carbocycles. The largest absolute Gasteiger partial charge is 0.486 e. The maximum absolute atomic E-state index is 12.7. The highest BCUT2D eigenvalue weighted by Crippen LogP contribution is 2.33. The van der Waals surface area contributed by atoms with E-state index in [2.05, 4.69) is 16.0 Å². The van der Waals surface area contributed by atoms with E-state index in [4.69, 9.17) is 4.74 Å². The van der Waals surface area contributed by atoms with Gasteiger partial charge in [-0.1, -0.05) is 25.1 Å². The lowest BCUT2D eigenvalue weighted by Crippen LogP contribution is -2.43. The van der Waals surface area contributed by atoms with Gasteiger partial charge in [0, 0.05) is 19.0 Å². The van der Waals surface area contributed by atoms with Gasteiger partial charge in [0.1, 0.15) is 6.10 Å². The summed E-state index contributed by atoms with van der Waals surface area (Å²) in [6.07, 6.45) is -4.79. The van der Waals surface area contributed by atoms with Crippen molar-refractivity contribution in [3.63, 3.8) is 0 Å². The highest BCUT2D eigenvalue weighted by molar-refractivity contribution is 6.01. The molecule has 0 spiro atoms. The Kier molecular flexibility index (Phi) is 6.84. The van der Waals surface area contributed by atoms with Crippen LogP contribution in [-0.4, -0.2) is 38.1 Å². The van der Waals surface area contributed by atoms with E-state index in [1.54, 1.807) is 25.2 Å². The topological polar surface area (TPSA) is 79.5 Å². The third kappa shape index (κ3) is 5.55. The van der Waals surface area contributed by atoms with Gasteiger partial charge in [-0.2, -0.15) is 13.2 Å². The smallest absolute Gasteiger partial charge is 0.416 e. The van der Waals surface area contributed by atoms with Crippen molar-refractivity contribution in [3.05, 3.63) is 59.2 Å². The third-order valence-electron chi connectivity index (χ3n) is 5.07. The van der Waals surface area contributed by atoms with Crippen molar-refractivity contribution in [2.24, 2.45) is 5.92 Å². The lowest BCUT2D eigenvalue weighted by molar-refractivity contribution is -0.137. The van der Waals surface area contributed by atoms with Crippen molar-refractivity contribution < 1.29 is 27.5 Å². The molecule has 2 aromatic carbocycles. The van der Waals surface area contributed by atoms with Gasteiger partial charge in [0.25, 0.3) is 5.91 Å². The summed E-state index contributed by atoms with van der Waals surface area (Å²) in [4.78, 5) is 25.1. The number of para-hydroxylation sites is 1. The van der Waals surface area contributed by atoms with Crippen LogP contribution in [0.2, 0.25) is 0 Å². The van der Waals surface area contributed by atoms with Crippen LogP contribution < -0.4 is 20.7 Å². The minimum atomic E-state index is -4.43. The highest BCUT2D eigenvalue weighted by Gasteiger charge is 2.30. The van der Waals surface area contributed by atoms with Gasteiger partial charge in [-0.15, -0.1) is 0 Å². The zero-order valence-corrected chi connectivity index (χ0v) is 17.2. The second-order valence-corrected chi connectivity index (χ2v) is 7.50. The van der Waals surface area contributed by atoms with Crippen LogP contribution in [0.3, 0.4) is 0 Å². The normalized spacial score (nSPS) is 18.8. The number of amides is 2. The van der Waals surface area contributed by atoms with Gasteiger partial charge in [0.2, 0.25) is 5.91 Å². The Balaban J connectivity index is 1.80. The molecule has 1 heterocycles. The molecule has 2 atom stereocenters. The van der Waals surface area contributed by atoms with Gasteiger partial charge in [-0.3, -0.25) is 9.59 Å². The van der Waals surface area contributed by atoms with E-state index < -0.39 is 17.6 Å². The molecule has 9 heteroatoms. The van der Waals surface area contributed by atoms with Crippen LogP contribution >= 0.6 is 0 Å². The molecular formula is C22H24F3N3O3. The molecule has 0 unspecified atom stereocenters. The molecular weight excluding hydrogens is 411 g/mol. The molecule has 0 saturated carbocycles. The van der Waals surface area contributed by atoms with Crippen molar-refractivity contribution in [3.8, 4) is 5.75 Å². The molecule has 31 heavy (non-hydrogen) atoms. The Morgan fingerprint density at radius 2 is 1.90 bits per heavy atom. The van der Waals surface area contributed by atoms with E-state index in [1.807, 2.05) is 6.92 Å². The number of rotatable bonds is 5. The predicted molar refractivity (Wildman–Crippen MR) is 110 cm³/mol. The summed E-state index contributed by atoms with van der Waals surface area (Å²) in [6, 6.07) is 9.30. The number of nitrogens with one attached hydrogen (secondary N) is 3. The van der Waals surface area contributed by atoms with Crippen molar-refractivity contribution in [1.29, 1.82) is 0 Å². The van der Waals surface area contributed by atoms with E-state index >= 15 is 0 Å². The maximum atomic E-state index is 12.7. The molecule has 0 bridgehead atoms. The fourth-order valence-corrected chi connectivity index (χ4v) is 3.32. The Labute approximate surface area is 178 Å². The van der Waals surface area contributed by atoms with Crippen LogP contribution in [0.1, 0.15) is 28.4 Å². The number of likely N-dealkylation sites (N-methyl/N-ethyl adjacent to an activating group) is 1. The van der Waals surface area contributed by atoms with Gasteiger partial charge in [0.05, 0.1) is 23.2 Å². The summed E-state index contributed by atoms with van der Waals surface area (Å²) in [5.41, 5.74) is 0.301. The molecule has 6 nitrogen and oxygen atoms in total. The van der Waals surface area contributed by atoms with Crippen LogP contribution in [0.4, 0.5) is 18.9 Å². The number of hydrogen-bond donors (Lipinski definition) is 3. The first-order valence-corrected chi connectivity index (χ1v) is 9.87. The molecule has 0 saturated heterocycles. The third-order valence-corrected chi connectivity index (χ3v) is 5.07. The van der Waals surface area contributed by atoms with Crippen molar-refractivity contribution in [2.75, 3.05) is 25.5 Å². The number of hydrogen-bond acceptors (Lipinski definition) is 4. The monoisotopic (exact) mass is 435 g/mol. The first kappa shape index (κ1) is 22.6. The standard InChI is InChI=1S/C22H24F3N3O3/c1-13-11-27-21(30)16-4-3-5-17(20(16)31-18(13)12-26-2)28-19(29)10-14-6-8-15(9-7-14)22(23,24)25/h3-9,13,18,26H,10-12H2,1-2H3,(H,27,30)(H,28,29)/t13-,18-/m1/s1. The van der Waals surface area contributed by atoms with Crippen LogP contribution in [0.5, 0.6) is 5.75 Å². The Hall–Kier alpha value is -3.07. The fraction of sp³-hybridized carbons (Fsp3) is 0.364. The molecule has 0 radical (unpaired) electrons. The number of benzene rings is 2. The van der Waals surface area contributed by atoms with E-state index in [-0.39, 0.29) is 30.1 Å². The maximum Gasteiger partial charge on any atom is 0.416 e. The number of anilines is 1. The average Bonchev–Trinajstić information content (AvgIpc) is 2.71. The van der Waals surface area contributed by atoms with E-state index in [0.29, 0.717) is 29.9 Å². The van der Waals surface area contributed by atoms with E-state index in [1.165, 1.54) is 12.1 Å². The molecule has 2 aromatic rings. The number of fused-ring (bicyclic) bond motifs is 1. The molecule has 0 aromatic heterocycles. The van der Waals surface area contributed by atoms with Gasteiger partial charge in [-0.05, 0) is 36.9 Å². The number of ether oxygens (including phenoxy) is 1. The second-order valence-electron chi connectivity index (χ2n) is 7.50. The summed E-state index contributed by atoms with van der Waals surface area (Å²) < 4.78 is 44.3. The molecule has 1 aliphatic rings. The molecule has 166 valence electrons. The van der Waals surface area contributed by atoms with Crippen LogP contribution in [0.25, 0.3) is 0 Å². The summed E-state index contributed by atoms with van der Waals surface area (Å²) >= 11 is 0. The lowest BCUT2D eigenvalue weighted by atomic mass is 10.0. The average molecular weight is 435 g/mol. The van der Waals surface area contributed by atoms with Crippen molar-refractivity contribution >= 4 is 17.5 Å². The summed E-state index contributed by atoms with van der Waals surface area (Å²) in [5.74, 6) is -0.436. The Morgan fingerprint density at radius 3 is 2.55 bits per heavy atom. The van der Waals surface area contributed by atoms with Crippen molar-refractivity contribution in [2.45, 2.75) is 25.6 Å². The molecule has 2 amide bonds. The van der Waals surface area contributed by atoms with Gasteiger partial charge in [0.15, 0.2) is 5.75 Å². The predicted octanol–water partition coefficient (Wildman–Crippen LogP) is 3.23. The van der Waals surface area contributed by atoms with Gasteiger partial charge >= 0.3 is 6.18 Å². The summed E-state index contributed by atoms with van der Waals surface area (Å²) in [7, 11) is 1.80. The van der Waals surface area contributed by atoms with E-state index in [0.717, 1.165) is 12.1 Å². The van der Waals surface area contributed by atoms with Gasteiger partial charge in [-0.25, -0.2) is 0 Å². The second kappa shape index (κ2) is 9.38. The minimum Gasteiger partial charge on any atom is -0.486 e. The number of carbonyl (C=O) groups is 2.